The van der Waals surface area contributed by atoms with Crippen molar-refractivity contribution in [2.75, 3.05) is 0 Å². The molecule has 0 saturated heterocycles. The van der Waals surface area contributed by atoms with Gasteiger partial charge in [-0.3, -0.25) is 28.8 Å². The van der Waals surface area contributed by atoms with Gasteiger partial charge in [-0.1, -0.05) is 44.3 Å². The maximum Gasteiger partial charge on any atom is 0.321 e. The molecule has 3 rings (SSSR count). The Morgan fingerprint density at radius 2 is 0.833 bits per heavy atom. The van der Waals surface area contributed by atoms with E-state index in [2.05, 4.69) is 0 Å². The summed E-state index contributed by atoms with van der Waals surface area (Å²) in [5.74, 6) is -9.21. The second-order valence-corrected chi connectivity index (χ2v) is 9.26. The first-order valence-corrected chi connectivity index (χ1v) is 11.9. The topological polar surface area (TPSA) is 224 Å². The van der Waals surface area contributed by atoms with Crippen molar-refractivity contribution in [1.29, 1.82) is 0 Å². The van der Waals surface area contributed by atoms with Crippen LogP contribution in [0.3, 0.4) is 0 Å². The maximum absolute atomic E-state index is 10.7. The molecule has 6 N–H and O–H groups in total. The third kappa shape index (κ3) is 8.35. The van der Waals surface area contributed by atoms with Gasteiger partial charge in [0, 0.05) is 0 Å². The van der Waals surface area contributed by atoms with Gasteiger partial charge in [0.15, 0.2) is 5.41 Å². The van der Waals surface area contributed by atoms with Gasteiger partial charge in [0.05, 0.1) is 23.7 Å². The number of rotatable bonds is 6. The summed E-state index contributed by atoms with van der Waals surface area (Å²) in [5, 5.41) is 52.3. The van der Waals surface area contributed by atoms with E-state index in [-0.39, 0.29) is 12.8 Å². The average Bonchev–Trinajstić information content (AvgIpc) is 2.84. The van der Waals surface area contributed by atoms with Gasteiger partial charge in [-0.15, -0.1) is 0 Å². The zero-order valence-corrected chi connectivity index (χ0v) is 19.9. The summed E-state index contributed by atoms with van der Waals surface area (Å²) >= 11 is 0. The second kappa shape index (κ2) is 14.2. The molecule has 0 aromatic heterocycles. The minimum absolute atomic E-state index is 0.275. The molecule has 36 heavy (non-hydrogen) atoms. The average molecular weight is 515 g/mol. The molecule has 0 spiro atoms. The number of carboxylic acid groups (broad SMARTS) is 6. The largest absolute Gasteiger partial charge is 0.481 e. The number of hydrogen-bond acceptors (Lipinski definition) is 6. The maximum atomic E-state index is 10.7. The predicted octanol–water partition coefficient (Wildman–Crippen LogP) is 2.81. The van der Waals surface area contributed by atoms with Crippen LogP contribution in [0.4, 0.5) is 0 Å². The Morgan fingerprint density at radius 3 is 1.08 bits per heavy atom. The molecule has 4 atom stereocenters. The lowest BCUT2D eigenvalue weighted by molar-refractivity contribution is -0.167. The Hall–Kier alpha value is -3.44. The van der Waals surface area contributed by atoms with Crippen LogP contribution in [0.15, 0.2) is 12.2 Å². The van der Waals surface area contributed by atoms with Crippen LogP contribution < -0.4 is 0 Å². The summed E-state index contributed by atoms with van der Waals surface area (Å²) in [6.45, 7) is 0. The minimum Gasteiger partial charge on any atom is -0.481 e. The van der Waals surface area contributed by atoms with E-state index in [1.165, 1.54) is 0 Å². The summed E-state index contributed by atoms with van der Waals surface area (Å²) in [4.78, 5) is 63.8. The molecule has 0 aromatic rings. The van der Waals surface area contributed by atoms with E-state index in [1.54, 1.807) is 12.2 Å². The molecule has 0 bridgehead atoms. The number of aliphatic carboxylic acids is 6. The van der Waals surface area contributed by atoms with Crippen molar-refractivity contribution in [1.82, 2.24) is 0 Å². The third-order valence-corrected chi connectivity index (χ3v) is 6.99. The first-order valence-electron chi connectivity index (χ1n) is 11.9. The number of hydrogen-bond donors (Lipinski definition) is 6. The van der Waals surface area contributed by atoms with Crippen LogP contribution in [0, 0.1) is 29.1 Å². The molecule has 3 aliphatic rings. The Kier molecular flexibility index (Phi) is 12.1. The Morgan fingerprint density at radius 1 is 0.500 bits per heavy atom. The first-order chi connectivity index (χ1) is 16.8. The van der Waals surface area contributed by atoms with Crippen molar-refractivity contribution < 1.29 is 59.4 Å². The molecule has 0 radical (unpaired) electrons. The predicted molar refractivity (Wildman–Crippen MR) is 122 cm³/mol. The number of allylic oxidation sites excluding steroid dienone is 2. The van der Waals surface area contributed by atoms with Gasteiger partial charge in [0.25, 0.3) is 0 Å². The number of carbonyl (C=O) groups is 6. The van der Waals surface area contributed by atoms with E-state index >= 15 is 0 Å². The summed E-state index contributed by atoms with van der Waals surface area (Å²) in [5.41, 5.74) is -1.49. The van der Waals surface area contributed by atoms with Gasteiger partial charge in [-0.2, -0.15) is 0 Å². The summed E-state index contributed by atoms with van der Waals surface area (Å²) in [6.07, 6.45) is 9.68. The van der Waals surface area contributed by atoms with Crippen molar-refractivity contribution in [2.45, 2.75) is 70.6 Å². The Balaban J connectivity index is 0.000000270. The van der Waals surface area contributed by atoms with Crippen molar-refractivity contribution in [3.63, 3.8) is 0 Å². The highest BCUT2D eigenvalue weighted by atomic mass is 16.4. The molecule has 0 aliphatic heterocycles. The van der Waals surface area contributed by atoms with Gasteiger partial charge in [-0.05, 0) is 38.5 Å². The highest BCUT2D eigenvalue weighted by Crippen LogP contribution is 2.36. The third-order valence-electron chi connectivity index (χ3n) is 6.99. The van der Waals surface area contributed by atoms with Crippen molar-refractivity contribution in [2.24, 2.45) is 29.1 Å². The first kappa shape index (κ1) is 30.6. The zero-order valence-electron chi connectivity index (χ0n) is 19.9. The van der Waals surface area contributed by atoms with Crippen LogP contribution in [-0.4, -0.2) is 66.5 Å². The lowest BCUT2D eigenvalue weighted by Gasteiger charge is -2.28. The van der Waals surface area contributed by atoms with E-state index < -0.39 is 64.9 Å². The monoisotopic (exact) mass is 514 g/mol. The van der Waals surface area contributed by atoms with Crippen LogP contribution in [0.1, 0.15) is 70.6 Å². The van der Waals surface area contributed by atoms with Crippen LogP contribution in [0.25, 0.3) is 0 Å². The normalized spacial score (nSPS) is 26.6. The molecule has 2 saturated carbocycles. The molecule has 0 aromatic carbocycles. The van der Waals surface area contributed by atoms with Gasteiger partial charge < -0.3 is 30.6 Å². The molecule has 0 amide bonds. The molecule has 0 heterocycles. The number of carboxylic acids is 6. The molecule has 3 aliphatic carbocycles. The summed E-state index contributed by atoms with van der Waals surface area (Å²) in [7, 11) is 0. The van der Waals surface area contributed by atoms with E-state index in [9.17, 15) is 28.8 Å². The fraction of sp³-hybridized carbons (Fsp3) is 0.667. The molecule has 12 nitrogen and oxygen atoms in total. The van der Waals surface area contributed by atoms with Gasteiger partial charge in [-0.25, -0.2) is 0 Å². The molecule has 2 fully saturated rings. The molecular formula is C24H34O12. The van der Waals surface area contributed by atoms with Crippen LogP contribution >= 0.6 is 0 Å². The van der Waals surface area contributed by atoms with Gasteiger partial charge in [0.2, 0.25) is 0 Å². The second-order valence-electron chi connectivity index (χ2n) is 9.26. The SMILES string of the molecule is O=C(O)C1(C(=O)O)CCCCC1.O=C(O)[C@H]1CC=CC[C@H]1C(=O)O.O=C(O)[C@H]1CCCC[C@H]1C(=O)O. The van der Waals surface area contributed by atoms with E-state index in [0.717, 1.165) is 19.3 Å². The summed E-state index contributed by atoms with van der Waals surface area (Å²) in [6, 6.07) is 0. The standard InChI is InChI=1S/2C8H12O4.C8H10O4/c9-6(10)8(7(11)12)4-2-1-3-5-8;2*9-7(10)5-3-1-2-4-6(5)8(11)12/h1-5H2,(H,9,10)(H,11,12);5-6H,1-4H2,(H,9,10)(H,11,12);1-2,5-6H,3-4H2,(H,9,10)(H,11,12)/t;2*5-,6+. The van der Waals surface area contributed by atoms with Crippen LogP contribution in [-0.2, 0) is 28.8 Å². The Bertz CT molecular complexity index is 793. The lowest BCUT2D eigenvalue weighted by Crippen LogP contribution is -2.40. The van der Waals surface area contributed by atoms with Crippen molar-refractivity contribution in [3.05, 3.63) is 12.2 Å². The Labute approximate surface area is 207 Å². The van der Waals surface area contributed by atoms with Crippen LogP contribution in [0.5, 0.6) is 0 Å². The van der Waals surface area contributed by atoms with Gasteiger partial charge >= 0.3 is 35.8 Å². The summed E-state index contributed by atoms with van der Waals surface area (Å²) < 4.78 is 0. The fourth-order valence-corrected chi connectivity index (χ4v) is 4.76. The molecule has 202 valence electrons. The van der Waals surface area contributed by atoms with Crippen LogP contribution in [0.2, 0.25) is 0 Å². The van der Waals surface area contributed by atoms with E-state index in [1.807, 2.05) is 0 Å². The highest BCUT2D eigenvalue weighted by Gasteiger charge is 2.46. The van der Waals surface area contributed by atoms with E-state index in [0.29, 0.717) is 38.5 Å². The zero-order chi connectivity index (χ0) is 27.5. The van der Waals surface area contributed by atoms with Crippen molar-refractivity contribution in [3.8, 4) is 0 Å². The molecule has 0 unspecified atom stereocenters. The highest BCUT2D eigenvalue weighted by molar-refractivity contribution is 5.98. The fourth-order valence-electron chi connectivity index (χ4n) is 4.76. The minimum atomic E-state index is -1.49. The van der Waals surface area contributed by atoms with Gasteiger partial charge in [0.1, 0.15) is 0 Å². The van der Waals surface area contributed by atoms with E-state index in [4.69, 9.17) is 30.6 Å². The molecule has 12 heteroatoms. The van der Waals surface area contributed by atoms with Crippen molar-refractivity contribution >= 4 is 35.8 Å². The lowest BCUT2D eigenvalue weighted by atomic mass is 9.74. The quantitative estimate of drug-likeness (QED) is 0.222. The smallest absolute Gasteiger partial charge is 0.321 e. The molecular weight excluding hydrogens is 480 g/mol.